The molecule has 0 unspecified atom stereocenters. The second-order valence-electron chi connectivity index (χ2n) is 5.30. The SMILES string of the molecule is Cc1onc(-c2ccccc2Cl)c1C(=O)O/N=C(\N)c1ccc(Cl)cc1. The van der Waals surface area contributed by atoms with Crippen LogP contribution in [-0.4, -0.2) is 17.0 Å². The van der Waals surface area contributed by atoms with E-state index in [1.165, 1.54) is 0 Å². The Labute approximate surface area is 159 Å². The minimum absolute atomic E-state index is 0.0309. The van der Waals surface area contributed by atoms with Gasteiger partial charge < -0.3 is 15.1 Å². The van der Waals surface area contributed by atoms with Gasteiger partial charge in [-0.2, -0.15) is 0 Å². The summed E-state index contributed by atoms with van der Waals surface area (Å²) in [5.41, 5.74) is 7.35. The standard InChI is InChI=1S/C18H13Cl2N3O3/c1-10-15(16(22-25-10)13-4-2-3-5-14(13)20)18(24)26-23-17(21)11-6-8-12(19)9-7-11/h2-9H,1H3,(H2,21,23). The van der Waals surface area contributed by atoms with Crippen LogP contribution in [0.5, 0.6) is 0 Å². The van der Waals surface area contributed by atoms with E-state index in [9.17, 15) is 4.79 Å². The lowest BCUT2D eigenvalue weighted by molar-refractivity contribution is 0.0515. The number of halogens is 2. The van der Waals surface area contributed by atoms with E-state index in [1.807, 2.05) is 0 Å². The maximum atomic E-state index is 12.5. The Hall–Kier alpha value is -2.83. The summed E-state index contributed by atoms with van der Waals surface area (Å²) in [7, 11) is 0. The average molecular weight is 390 g/mol. The largest absolute Gasteiger partial charge is 0.380 e. The van der Waals surface area contributed by atoms with E-state index in [-0.39, 0.29) is 22.9 Å². The van der Waals surface area contributed by atoms with E-state index in [0.29, 0.717) is 21.2 Å². The zero-order chi connectivity index (χ0) is 18.7. The number of benzene rings is 2. The lowest BCUT2D eigenvalue weighted by atomic mass is 10.1. The van der Waals surface area contributed by atoms with Crippen LogP contribution < -0.4 is 5.73 Å². The number of hydrogen-bond donors (Lipinski definition) is 1. The van der Waals surface area contributed by atoms with Gasteiger partial charge in [-0.15, -0.1) is 0 Å². The van der Waals surface area contributed by atoms with Crippen molar-refractivity contribution in [1.82, 2.24) is 5.16 Å². The molecule has 1 aromatic heterocycles. The van der Waals surface area contributed by atoms with Crippen molar-refractivity contribution in [3.63, 3.8) is 0 Å². The third-order valence-electron chi connectivity index (χ3n) is 3.56. The molecule has 3 rings (SSSR count). The Balaban J connectivity index is 1.87. The Kier molecular flexibility index (Phi) is 5.25. The number of hydrogen-bond acceptors (Lipinski definition) is 5. The highest BCUT2D eigenvalue weighted by Gasteiger charge is 2.24. The lowest BCUT2D eigenvalue weighted by Gasteiger charge is -2.03. The molecule has 0 atom stereocenters. The minimum Gasteiger partial charge on any atom is -0.380 e. The van der Waals surface area contributed by atoms with E-state index in [1.54, 1.807) is 55.5 Å². The molecule has 0 spiro atoms. The summed E-state index contributed by atoms with van der Waals surface area (Å²) in [5.74, 6) is -0.441. The molecule has 0 aliphatic rings. The van der Waals surface area contributed by atoms with Gasteiger partial charge in [-0.1, -0.05) is 51.7 Å². The summed E-state index contributed by atoms with van der Waals surface area (Å²) in [6, 6.07) is 13.6. The van der Waals surface area contributed by atoms with Gasteiger partial charge in [-0.05, 0) is 37.3 Å². The number of carbonyl (C=O) groups is 1. The van der Waals surface area contributed by atoms with Gasteiger partial charge in [0.15, 0.2) is 5.84 Å². The molecule has 0 radical (unpaired) electrons. The fraction of sp³-hybridized carbons (Fsp3) is 0.0556. The van der Waals surface area contributed by atoms with Crippen molar-refractivity contribution in [2.75, 3.05) is 0 Å². The van der Waals surface area contributed by atoms with Gasteiger partial charge in [0.05, 0.1) is 5.02 Å². The molecule has 0 bridgehead atoms. The Bertz CT molecular complexity index is 982. The van der Waals surface area contributed by atoms with Crippen LogP contribution in [-0.2, 0) is 4.84 Å². The highest BCUT2D eigenvalue weighted by Crippen LogP contribution is 2.31. The molecule has 2 aromatic carbocycles. The monoisotopic (exact) mass is 389 g/mol. The molecule has 0 amide bonds. The highest BCUT2D eigenvalue weighted by molar-refractivity contribution is 6.33. The summed E-state index contributed by atoms with van der Waals surface area (Å²) in [6.07, 6.45) is 0. The third kappa shape index (κ3) is 3.71. The number of carbonyl (C=O) groups excluding carboxylic acids is 1. The van der Waals surface area contributed by atoms with Crippen molar-refractivity contribution in [3.8, 4) is 11.3 Å². The van der Waals surface area contributed by atoms with Gasteiger partial charge in [0, 0.05) is 16.1 Å². The van der Waals surface area contributed by atoms with Crippen LogP contribution in [0, 0.1) is 6.92 Å². The van der Waals surface area contributed by atoms with E-state index in [2.05, 4.69) is 10.3 Å². The first kappa shape index (κ1) is 18.0. The van der Waals surface area contributed by atoms with Gasteiger partial charge in [-0.3, -0.25) is 0 Å². The van der Waals surface area contributed by atoms with Crippen molar-refractivity contribution in [1.29, 1.82) is 0 Å². The Morgan fingerprint density at radius 3 is 2.54 bits per heavy atom. The van der Waals surface area contributed by atoms with Gasteiger partial charge in [-0.25, -0.2) is 4.79 Å². The summed E-state index contributed by atoms with van der Waals surface area (Å²) in [6.45, 7) is 1.59. The normalized spacial score (nSPS) is 11.4. The minimum atomic E-state index is -0.754. The second-order valence-corrected chi connectivity index (χ2v) is 6.15. The molecule has 0 aliphatic heterocycles. The van der Waals surface area contributed by atoms with Crippen molar-refractivity contribution in [2.24, 2.45) is 10.9 Å². The quantitative estimate of drug-likeness (QED) is 0.308. The van der Waals surface area contributed by atoms with Crippen LogP contribution in [0.4, 0.5) is 0 Å². The van der Waals surface area contributed by atoms with E-state index in [4.69, 9.17) is 38.3 Å². The van der Waals surface area contributed by atoms with Crippen LogP contribution in [0.25, 0.3) is 11.3 Å². The summed E-state index contributed by atoms with van der Waals surface area (Å²) >= 11 is 12.0. The Morgan fingerprint density at radius 2 is 1.85 bits per heavy atom. The molecule has 6 nitrogen and oxygen atoms in total. The van der Waals surface area contributed by atoms with Gasteiger partial charge >= 0.3 is 5.97 Å². The van der Waals surface area contributed by atoms with Crippen molar-refractivity contribution in [3.05, 3.63) is 75.5 Å². The number of aromatic nitrogens is 1. The molecular formula is C18H13Cl2N3O3. The van der Waals surface area contributed by atoms with Crippen molar-refractivity contribution >= 4 is 35.0 Å². The molecule has 1 heterocycles. The van der Waals surface area contributed by atoms with Crippen LogP contribution >= 0.6 is 23.2 Å². The predicted molar refractivity (Wildman–Crippen MR) is 99.3 cm³/mol. The van der Waals surface area contributed by atoms with E-state index in [0.717, 1.165) is 0 Å². The third-order valence-corrected chi connectivity index (χ3v) is 4.14. The van der Waals surface area contributed by atoms with Crippen molar-refractivity contribution in [2.45, 2.75) is 6.92 Å². The molecule has 0 fully saturated rings. The van der Waals surface area contributed by atoms with Crippen LogP contribution in [0.3, 0.4) is 0 Å². The highest BCUT2D eigenvalue weighted by atomic mass is 35.5. The molecule has 0 saturated carbocycles. The molecule has 2 N–H and O–H groups in total. The summed E-state index contributed by atoms with van der Waals surface area (Å²) < 4.78 is 5.13. The smallest absolute Gasteiger partial charge is 0.371 e. The fourth-order valence-electron chi connectivity index (χ4n) is 2.26. The number of oxime groups is 1. The van der Waals surface area contributed by atoms with Crippen LogP contribution in [0.1, 0.15) is 21.7 Å². The topological polar surface area (TPSA) is 90.7 Å². The van der Waals surface area contributed by atoms with Crippen molar-refractivity contribution < 1.29 is 14.2 Å². The maximum absolute atomic E-state index is 12.5. The molecule has 8 heteroatoms. The molecule has 3 aromatic rings. The van der Waals surface area contributed by atoms with E-state index >= 15 is 0 Å². The zero-order valence-electron chi connectivity index (χ0n) is 13.6. The summed E-state index contributed by atoms with van der Waals surface area (Å²) in [4.78, 5) is 17.4. The first-order valence-corrected chi connectivity index (χ1v) is 8.25. The predicted octanol–water partition coefficient (Wildman–Crippen LogP) is 4.43. The first-order chi connectivity index (χ1) is 12.5. The van der Waals surface area contributed by atoms with Crippen LogP contribution in [0.2, 0.25) is 10.0 Å². The first-order valence-electron chi connectivity index (χ1n) is 7.49. The van der Waals surface area contributed by atoms with Gasteiger partial charge in [0.2, 0.25) is 0 Å². The number of aryl methyl sites for hydroxylation is 1. The van der Waals surface area contributed by atoms with E-state index < -0.39 is 5.97 Å². The second kappa shape index (κ2) is 7.59. The van der Waals surface area contributed by atoms with Gasteiger partial charge in [0.1, 0.15) is 17.0 Å². The average Bonchev–Trinajstić information content (AvgIpc) is 3.02. The van der Waals surface area contributed by atoms with Gasteiger partial charge in [0.25, 0.3) is 0 Å². The number of nitrogens with two attached hydrogens (primary N) is 1. The fourth-order valence-corrected chi connectivity index (χ4v) is 2.61. The molecule has 132 valence electrons. The number of amidine groups is 1. The molecule has 0 aliphatic carbocycles. The van der Waals surface area contributed by atoms with Crippen LogP contribution in [0.15, 0.2) is 58.2 Å². The molecule has 26 heavy (non-hydrogen) atoms. The zero-order valence-corrected chi connectivity index (χ0v) is 15.1. The molecule has 0 saturated heterocycles. The number of rotatable bonds is 4. The lowest BCUT2D eigenvalue weighted by Crippen LogP contribution is -2.15. The summed E-state index contributed by atoms with van der Waals surface area (Å²) in [5, 5.41) is 8.57. The number of nitrogens with zero attached hydrogens (tertiary/aromatic N) is 2. The Morgan fingerprint density at radius 1 is 1.15 bits per heavy atom. The molecular weight excluding hydrogens is 377 g/mol. The maximum Gasteiger partial charge on any atom is 0.371 e.